The van der Waals surface area contributed by atoms with Gasteiger partial charge in [0.25, 0.3) is 5.91 Å². The lowest BCUT2D eigenvalue weighted by Gasteiger charge is -2.48. The highest BCUT2D eigenvalue weighted by Gasteiger charge is 2.37. The molecule has 0 radical (unpaired) electrons. The second-order valence-corrected chi connectivity index (χ2v) is 6.98. The molecule has 0 N–H and O–H groups in total. The van der Waals surface area contributed by atoms with Crippen molar-refractivity contribution in [3.63, 3.8) is 0 Å². The number of rotatable bonds is 4. The molecule has 2 aliphatic heterocycles. The van der Waals surface area contributed by atoms with Crippen LogP contribution in [0.2, 0.25) is 0 Å². The lowest BCUT2D eigenvalue weighted by Crippen LogP contribution is -2.62. The number of fused-ring (bicyclic) bond motifs is 1. The smallest absolute Gasteiger partial charge is 0.256 e. The van der Waals surface area contributed by atoms with Gasteiger partial charge in [0.2, 0.25) is 0 Å². The van der Waals surface area contributed by atoms with Gasteiger partial charge in [-0.15, -0.1) is 0 Å². The molecular formula is C19H25N5O2. The first kappa shape index (κ1) is 17.2. The Kier molecular flexibility index (Phi) is 4.99. The maximum atomic E-state index is 13.2. The monoisotopic (exact) mass is 355 g/mol. The third kappa shape index (κ3) is 3.24. The molecule has 7 heteroatoms. The summed E-state index contributed by atoms with van der Waals surface area (Å²) in [7, 11) is 0. The molecule has 1 aromatic carbocycles. The first-order valence-electron chi connectivity index (χ1n) is 9.34. The molecule has 4 rings (SSSR count). The number of benzene rings is 1. The van der Waals surface area contributed by atoms with Crippen LogP contribution in [0.1, 0.15) is 30.1 Å². The van der Waals surface area contributed by atoms with Crippen molar-refractivity contribution in [1.29, 1.82) is 0 Å². The fraction of sp³-hybridized carbons (Fsp3) is 0.526. The van der Waals surface area contributed by atoms with Gasteiger partial charge in [0.15, 0.2) is 0 Å². The number of piperazine rings is 1. The molecule has 7 nitrogen and oxygen atoms in total. The van der Waals surface area contributed by atoms with Crippen LogP contribution in [0, 0.1) is 0 Å². The van der Waals surface area contributed by atoms with Crippen LogP contribution in [-0.2, 0) is 4.74 Å². The maximum Gasteiger partial charge on any atom is 0.256 e. The van der Waals surface area contributed by atoms with Gasteiger partial charge in [0, 0.05) is 25.7 Å². The molecule has 2 fully saturated rings. The Bertz CT molecular complexity index is 746. The molecule has 0 spiro atoms. The van der Waals surface area contributed by atoms with Gasteiger partial charge in [-0.05, 0) is 18.6 Å². The number of para-hydroxylation sites is 1. The Hall–Kier alpha value is -2.25. The minimum Gasteiger partial charge on any atom is -0.378 e. The molecule has 26 heavy (non-hydrogen) atoms. The van der Waals surface area contributed by atoms with Crippen LogP contribution in [-0.4, -0.2) is 75.4 Å². The number of carbonyl (C=O) groups is 1. The van der Waals surface area contributed by atoms with Crippen molar-refractivity contribution in [2.45, 2.75) is 31.8 Å². The molecule has 2 aromatic rings. The molecule has 2 saturated heterocycles. The molecule has 0 saturated carbocycles. The third-order valence-electron chi connectivity index (χ3n) is 5.33. The number of nitrogens with zero attached hydrogens (tertiary/aromatic N) is 5. The zero-order valence-electron chi connectivity index (χ0n) is 15.1. The fourth-order valence-electron chi connectivity index (χ4n) is 4.06. The van der Waals surface area contributed by atoms with Gasteiger partial charge in [-0.1, -0.05) is 25.5 Å². The first-order valence-corrected chi connectivity index (χ1v) is 9.34. The second-order valence-electron chi connectivity index (χ2n) is 6.98. The first-order chi connectivity index (χ1) is 12.8. The summed E-state index contributed by atoms with van der Waals surface area (Å²) in [5.41, 5.74) is 1.43. The van der Waals surface area contributed by atoms with E-state index in [4.69, 9.17) is 4.74 Å². The van der Waals surface area contributed by atoms with Crippen molar-refractivity contribution < 1.29 is 9.53 Å². The van der Waals surface area contributed by atoms with Gasteiger partial charge in [0.05, 0.1) is 30.5 Å². The van der Waals surface area contributed by atoms with Gasteiger partial charge >= 0.3 is 0 Å². The maximum absolute atomic E-state index is 13.2. The van der Waals surface area contributed by atoms with E-state index in [1.165, 1.54) is 6.33 Å². The van der Waals surface area contributed by atoms with Gasteiger partial charge in [-0.3, -0.25) is 9.69 Å². The number of carbonyl (C=O) groups excluding carboxylic acids is 1. The van der Waals surface area contributed by atoms with Crippen molar-refractivity contribution in [3.05, 3.63) is 42.5 Å². The van der Waals surface area contributed by atoms with Gasteiger partial charge in [-0.25, -0.2) is 9.67 Å². The van der Waals surface area contributed by atoms with Crippen LogP contribution < -0.4 is 0 Å². The summed E-state index contributed by atoms with van der Waals surface area (Å²) >= 11 is 0. The molecule has 2 aliphatic rings. The molecular weight excluding hydrogens is 330 g/mol. The lowest BCUT2D eigenvalue weighted by atomic mass is 10.0. The van der Waals surface area contributed by atoms with Crippen molar-refractivity contribution >= 4 is 5.91 Å². The van der Waals surface area contributed by atoms with E-state index >= 15 is 0 Å². The van der Waals surface area contributed by atoms with E-state index in [-0.39, 0.29) is 11.9 Å². The summed E-state index contributed by atoms with van der Waals surface area (Å²) < 4.78 is 7.46. The quantitative estimate of drug-likeness (QED) is 0.833. The number of hydrogen-bond donors (Lipinski definition) is 0. The number of hydrogen-bond acceptors (Lipinski definition) is 5. The zero-order chi connectivity index (χ0) is 17.9. The average molecular weight is 355 g/mol. The normalized spacial score (nSPS) is 23.7. The molecule has 3 heterocycles. The number of amides is 1. The van der Waals surface area contributed by atoms with E-state index in [0.717, 1.165) is 38.2 Å². The van der Waals surface area contributed by atoms with E-state index in [2.05, 4.69) is 21.9 Å². The SMILES string of the molecule is CCC[C@H]1COC[C@H]2CN(C(=O)c3ccccc3-n3cncn3)CCN12. The van der Waals surface area contributed by atoms with Crippen molar-refractivity contribution in [1.82, 2.24) is 24.6 Å². The molecule has 1 amide bonds. The van der Waals surface area contributed by atoms with Crippen molar-refractivity contribution in [2.24, 2.45) is 0 Å². The number of aromatic nitrogens is 3. The summed E-state index contributed by atoms with van der Waals surface area (Å²) in [5, 5.41) is 4.18. The Morgan fingerprint density at radius 3 is 2.96 bits per heavy atom. The lowest BCUT2D eigenvalue weighted by molar-refractivity contribution is -0.0776. The van der Waals surface area contributed by atoms with Crippen LogP contribution in [0.3, 0.4) is 0 Å². The van der Waals surface area contributed by atoms with E-state index in [0.29, 0.717) is 24.8 Å². The highest BCUT2D eigenvalue weighted by Crippen LogP contribution is 2.23. The van der Waals surface area contributed by atoms with Crippen LogP contribution >= 0.6 is 0 Å². The molecule has 1 aromatic heterocycles. The van der Waals surface area contributed by atoms with E-state index < -0.39 is 0 Å². The summed E-state index contributed by atoms with van der Waals surface area (Å²) in [5.74, 6) is 0.0494. The minimum atomic E-state index is 0.0494. The molecule has 138 valence electrons. The van der Waals surface area contributed by atoms with Crippen molar-refractivity contribution in [2.75, 3.05) is 32.8 Å². The van der Waals surface area contributed by atoms with Gasteiger partial charge in [0.1, 0.15) is 12.7 Å². The number of ether oxygens (including phenoxy) is 1. The third-order valence-corrected chi connectivity index (χ3v) is 5.33. The molecule has 0 aliphatic carbocycles. The van der Waals surface area contributed by atoms with Crippen LogP contribution in [0.5, 0.6) is 0 Å². The van der Waals surface area contributed by atoms with E-state index in [1.54, 1.807) is 11.0 Å². The fourth-order valence-corrected chi connectivity index (χ4v) is 4.06. The van der Waals surface area contributed by atoms with E-state index in [9.17, 15) is 4.79 Å². The molecule has 2 atom stereocenters. The highest BCUT2D eigenvalue weighted by atomic mass is 16.5. The van der Waals surface area contributed by atoms with E-state index in [1.807, 2.05) is 29.2 Å². The predicted molar refractivity (Wildman–Crippen MR) is 97.3 cm³/mol. The summed E-state index contributed by atoms with van der Waals surface area (Å²) in [6.07, 6.45) is 5.41. The standard InChI is InChI=1S/C19H25N5O2/c1-2-5-15-11-26-12-16-10-22(8-9-23(15)16)19(25)17-6-3-4-7-18(17)24-14-20-13-21-24/h3-4,6-7,13-16H,2,5,8-12H2,1H3/t15-,16+/m0/s1. The Morgan fingerprint density at radius 1 is 1.27 bits per heavy atom. The van der Waals surface area contributed by atoms with Crippen LogP contribution in [0.4, 0.5) is 0 Å². The average Bonchev–Trinajstić information content (AvgIpc) is 3.22. The summed E-state index contributed by atoms with van der Waals surface area (Å²) in [6, 6.07) is 8.35. The summed E-state index contributed by atoms with van der Waals surface area (Å²) in [6.45, 7) is 6.11. The van der Waals surface area contributed by atoms with Crippen molar-refractivity contribution in [3.8, 4) is 5.69 Å². The minimum absolute atomic E-state index is 0.0494. The Labute approximate surface area is 153 Å². The largest absolute Gasteiger partial charge is 0.378 e. The Balaban J connectivity index is 1.52. The highest BCUT2D eigenvalue weighted by molar-refractivity contribution is 5.97. The topological polar surface area (TPSA) is 63.5 Å². The second kappa shape index (κ2) is 7.55. The summed E-state index contributed by atoms with van der Waals surface area (Å²) in [4.78, 5) is 21.7. The van der Waals surface area contributed by atoms with Crippen LogP contribution in [0.15, 0.2) is 36.9 Å². The van der Waals surface area contributed by atoms with Crippen LogP contribution in [0.25, 0.3) is 5.69 Å². The predicted octanol–water partition coefficient (Wildman–Crippen LogP) is 1.59. The molecule has 0 unspecified atom stereocenters. The molecule has 0 bridgehead atoms. The zero-order valence-corrected chi connectivity index (χ0v) is 15.1. The Morgan fingerprint density at radius 2 is 2.15 bits per heavy atom. The van der Waals surface area contributed by atoms with Gasteiger partial charge in [-0.2, -0.15) is 5.10 Å². The van der Waals surface area contributed by atoms with Gasteiger partial charge < -0.3 is 9.64 Å². The number of morpholine rings is 1.